The predicted octanol–water partition coefficient (Wildman–Crippen LogP) is 2.37. The molecule has 1 unspecified atom stereocenters. The number of sulfonamides is 1. The van der Waals surface area contributed by atoms with Crippen LogP contribution in [0.15, 0.2) is 33.6 Å². The van der Waals surface area contributed by atoms with Crippen LogP contribution < -0.4 is 0 Å². The fourth-order valence-corrected chi connectivity index (χ4v) is 4.62. The third kappa shape index (κ3) is 2.85. The van der Waals surface area contributed by atoms with Crippen LogP contribution in [-0.4, -0.2) is 42.6 Å². The van der Waals surface area contributed by atoms with Crippen LogP contribution in [0.5, 0.6) is 0 Å². The van der Waals surface area contributed by atoms with E-state index in [4.69, 9.17) is 9.15 Å². The lowest BCUT2D eigenvalue weighted by molar-refractivity contribution is 0.0896. The van der Waals surface area contributed by atoms with E-state index in [1.165, 1.54) is 4.31 Å². The van der Waals surface area contributed by atoms with E-state index in [0.29, 0.717) is 41.9 Å². The Kier molecular flexibility index (Phi) is 4.11. The highest BCUT2D eigenvalue weighted by molar-refractivity contribution is 7.89. The van der Waals surface area contributed by atoms with Crippen molar-refractivity contribution in [3.8, 4) is 11.5 Å². The first-order valence-corrected chi connectivity index (χ1v) is 9.64. The van der Waals surface area contributed by atoms with Gasteiger partial charge in [-0.15, -0.1) is 10.2 Å². The summed E-state index contributed by atoms with van der Waals surface area (Å²) < 4.78 is 37.8. The zero-order valence-electron chi connectivity index (χ0n) is 13.2. The lowest BCUT2D eigenvalue weighted by atomic mass is 10.2. The number of nitrogens with zero attached hydrogens (tertiary/aromatic N) is 3. The molecular formula is C16H19N3O4S. The van der Waals surface area contributed by atoms with Crippen molar-refractivity contribution in [2.75, 3.05) is 19.7 Å². The fourth-order valence-electron chi connectivity index (χ4n) is 3.10. The van der Waals surface area contributed by atoms with Gasteiger partial charge in [0.05, 0.1) is 4.90 Å². The Morgan fingerprint density at radius 1 is 1.04 bits per heavy atom. The molecule has 2 saturated heterocycles. The highest BCUT2D eigenvalue weighted by Gasteiger charge is 2.27. The van der Waals surface area contributed by atoms with Gasteiger partial charge in [-0.3, -0.25) is 0 Å². The Morgan fingerprint density at radius 2 is 1.79 bits per heavy atom. The van der Waals surface area contributed by atoms with Gasteiger partial charge in [-0.2, -0.15) is 4.31 Å². The summed E-state index contributed by atoms with van der Waals surface area (Å²) in [6, 6.07) is 6.60. The van der Waals surface area contributed by atoms with Crippen molar-refractivity contribution >= 4 is 10.0 Å². The molecule has 0 N–H and O–H groups in total. The van der Waals surface area contributed by atoms with Gasteiger partial charge in [-0.05, 0) is 49.9 Å². The van der Waals surface area contributed by atoms with E-state index in [1.807, 2.05) is 0 Å². The maximum absolute atomic E-state index is 12.5. The monoisotopic (exact) mass is 349 g/mol. The summed E-state index contributed by atoms with van der Waals surface area (Å²) in [6.45, 7) is 1.91. The van der Waals surface area contributed by atoms with Crippen LogP contribution in [0, 0.1) is 0 Å². The molecule has 2 aliphatic heterocycles. The van der Waals surface area contributed by atoms with Crippen LogP contribution in [0.25, 0.3) is 11.5 Å². The molecule has 1 atom stereocenters. The first-order valence-electron chi connectivity index (χ1n) is 8.20. The minimum absolute atomic E-state index is 0.124. The van der Waals surface area contributed by atoms with Gasteiger partial charge in [0, 0.05) is 25.3 Å². The molecule has 4 rings (SSSR count). The van der Waals surface area contributed by atoms with Crippen LogP contribution in [0.3, 0.4) is 0 Å². The maximum Gasteiger partial charge on any atom is 0.247 e. The quantitative estimate of drug-likeness (QED) is 0.842. The summed E-state index contributed by atoms with van der Waals surface area (Å²) >= 11 is 0. The van der Waals surface area contributed by atoms with Gasteiger partial charge in [0.2, 0.25) is 21.8 Å². The van der Waals surface area contributed by atoms with E-state index < -0.39 is 10.0 Å². The average Bonchev–Trinajstić information content (AvgIpc) is 3.36. The molecule has 0 aliphatic carbocycles. The Labute approximate surface area is 140 Å². The van der Waals surface area contributed by atoms with E-state index in [9.17, 15) is 8.42 Å². The molecule has 7 nitrogen and oxygen atoms in total. The molecular weight excluding hydrogens is 330 g/mol. The summed E-state index contributed by atoms with van der Waals surface area (Å²) in [5.41, 5.74) is 0.701. The van der Waals surface area contributed by atoms with E-state index in [1.54, 1.807) is 24.3 Å². The maximum atomic E-state index is 12.5. The molecule has 1 aromatic carbocycles. The van der Waals surface area contributed by atoms with E-state index in [2.05, 4.69) is 10.2 Å². The van der Waals surface area contributed by atoms with Crippen LogP contribution in [-0.2, 0) is 14.8 Å². The van der Waals surface area contributed by atoms with Crippen LogP contribution in [0.1, 0.15) is 37.7 Å². The summed E-state index contributed by atoms with van der Waals surface area (Å²) in [4.78, 5) is 0.298. The standard InChI is InChI=1S/C16H19N3O4S/c20-24(21,19-9-1-2-10-19)13-7-5-12(6-8-13)15-17-18-16(23-15)14-4-3-11-22-14/h5-8,14H,1-4,9-11H2. The Hall–Kier alpha value is -1.77. The molecule has 0 spiro atoms. The second-order valence-electron chi connectivity index (χ2n) is 6.08. The number of rotatable bonds is 4. The van der Waals surface area contributed by atoms with Gasteiger partial charge in [0.25, 0.3) is 0 Å². The summed E-state index contributed by atoms with van der Waals surface area (Å²) in [6.07, 6.45) is 3.59. The number of ether oxygens (including phenoxy) is 1. The van der Waals surface area contributed by atoms with Crippen molar-refractivity contribution in [1.82, 2.24) is 14.5 Å². The molecule has 2 aliphatic rings. The van der Waals surface area contributed by atoms with Gasteiger partial charge < -0.3 is 9.15 Å². The summed E-state index contributed by atoms with van der Waals surface area (Å²) in [7, 11) is -3.40. The molecule has 128 valence electrons. The van der Waals surface area contributed by atoms with Crippen molar-refractivity contribution in [3.63, 3.8) is 0 Å². The van der Waals surface area contributed by atoms with Gasteiger partial charge in [-0.1, -0.05) is 0 Å². The number of benzene rings is 1. The average molecular weight is 349 g/mol. The molecule has 0 bridgehead atoms. The van der Waals surface area contributed by atoms with Crippen molar-refractivity contribution in [3.05, 3.63) is 30.2 Å². The van der Waals surface area contributed by atoms with Crippen LogP contribution in [0.2, 0.25) is 0 Å². The minimum atomic E-state index is -3.40. The van der Waals surface area contributed by atoms with Gasteiger partial charge in [0.1, 0.15) is 6.10 Å². The number of hydrogen-bond donors (Lipinski definition) is 0. The molecule has 1 aromatic heterocycles. The molecule has 8 heteroatoms. The second kappa shape index (κ2) is 6.27. The van der Waals surface area contributed by atoms with Crippen molar-refractivity contribution in [1.29, 1.82) is 0 Å². The van der Waals surface area contributed by atoms with Gasteiger partial charge >= 0.3 is 0 Å². The number of aromatic nitrogens is 2. The highest BCUT2D eigenvalue weighted by Crippen LogP contribution is 2.30. The van der Waals surface area contributed by atoms with E-state index >= 15 is 0 Å². The first kappa shape index (κ1) is 15.7. The van der Waals surface area contributed by atoms with Crippen LogP contribution in [0.4, 0.5) is 0 Å². The smallest absolute Gasteiger partial charge is 0.247 e. The molecule has 3 heterocycles. The molecule has 0 radical (unpaired) electrons. The third-order valence-electron chi connectivity index (χ3n) is 4.45. The topological polar surface area (TPSA) is 85.5 Å². The van der Waals surface area contributed by atoms with E-state index in [-0.39, 0.29) is 6.10 Å². The van der Waals surface area contributed by atoms with Crippen molar-refractivity contribution in [2.45, 2.75) is 36.7 Å². The highest BCUT2D eigenvalue weighted by atomic mass is 32.2. The molecule has 2 aromatic rings. The summed E-state index contributed by atoms with van der Waals surface area (Å²) in [5.74, 6) is 0.863. The Bertz CT molecular complexity index is 804. The van der Waals surface area contributed by atoms with Crippen LogP contribution >= 0.6 is 0 Å². The normalized spacial score (nSPS) is 22.2. The van der Waals surface area contributed by atoms with E-state index in [0.717, 1.165) is 25.7 Å². The fraction of sp³-hybridized carbons (Fsp3) is 0.500. The molecule has 2 fully saturated rings. The molecule has 0 saturated carbocycles. The number of hydrogen-bond acceptors (Lipinski definition) is 6. The zero-order chi connectivity index (χ0) is 16.6. The molecule has 0 amide bonds. The third-order valence-corrected chi connectivity index (χ3v) is 6.36. The molecule has 24 heavy (non-hydrogen) atoms. The largest absolute Gasteiger partial charge is 0.418 e. The zero-order valence-corrected chi connectivity index (χ0v) is 14.0. The lowest BCUT2D eigenvalue weighted by Gasteiger charge is -2.15. The van der Waals surface area contributed by atoms with Gasteiger partial charge in [-0.25, -0.2) is 8.42 Å². The predicted molar refractivity (Wildman–Crippen MR) is 85.7 cm³/mol. The lowest BCUT2D eigenvalue weighted by Crippen LogP contribution is -2.27. The van der Waals surface area contributed by atoms with Crippen molar-refractivity contribution < 1.29 is 17.6 Å². The Balaban J connectivity index is 1.55. The SMILES string of the molecule is O=S(=O)(c1ccc(-c2nnc(C3CCCO3)o2)cc1)N1CCCC1. The van der Waals surface area contributed by atoms with Crippen molar-refractivity contribution in [2.24, 2.45) is 0 Å². The van der Waals surface area contributed by atoms with Gasteiger partial charge in [0.15, 0.2) is 0 Å². The summed E-state index contributed by atoms with van der Waals surface area (Å²) in [5, 5.41) is 8.08. The minimum Gasteiger partial charge on any atom is -0.418 e. The first-order chi connectivity index (χ1) is 11.6. The second-order valence-corrected chi connectivity index (χ2v) is 8.02. The Morgan fingerprint density at radius 3 is 2.46 bits per heavy atom.